The first-order valence-corrected chi connectivity index (χ1v) is 23.1. The molecule has 0 aromatic carbocycles. The SMILES string of the molecule is CCCCC/C=C\C/C=C\CCCCCCCCC(O)C(=O)NC(COC1OC(CO)C(O)C(OS(=O)(=O)O)C1O)C(O)/C=C/CC/C=C/CC/C=C/CCCCC. The van der Waals surface area contributed by atoms with Gasteiger partial charge in [0.2, 0.25) is 5.91 Å². The number of amides is 1. The van der Waals surface area contributed by atoms with E-state index < -0.39 is 78.5 Å². The molecule has 7 N–H and O–H groups in total. The van der Waals surface area contributed by atoms with Crippen LogP contribution >= 0.6 is 0 Å². The van der Waals surface area contributed by atoms with Crippen LogP contribution in [0.15, 0.2) is 60.8 Å². The summed E-state index contributed by atoms with van der Waals surface area (Å²) in [5.74, 6) is -0.729. The first-order chi connectivity index (χ1) is 27.9. The lowest BCUT2D eigenvalue weighted by atomic mass is 9.99. The number of aliphatic hydroxyl groups is 5. The molecule has 1 fully saturated rings. The van der Waals surface area contributed by atoms with Gasteiger partial charge in [-0.1, -0.05) is 132 Å². The van der Waals surface area contributed by atoms with E-state index in [1.165, 1.54) is 44.6 Å². The zero-order valence-corrected chi connectivity index (χ0v) is 36.0. The van der Waals surface area contributed by atoms with Gasteiger partial charge in [0.25, 0.3) is 0 Å². The summed E-state index contributed by atoms with van der Waals surface area (Å²) < 4.78 is 47.4. The number of unbranched alkanes of at least 4 members (excludes halogenated alkanes) is 14. The van der Waals surface area contributed by atoms with Gasteiger partial charge in [-0.2, -0.15) is 8.42 Å². The smallest absolute Gasteiger partial charge is 0.394 e. The van der Waals surface area contributed by atoms with Crippen LogP contribution in [0.1, 0.15) is 149 Å². The first-order valence-electron chi connectivity index (χ1n) is 21.8. The predicted octanol–water partition coefficient (Wildman–Crippen LogP) is 6.85. The Bertz CT molecular complexity index is 1290. The summed E-state index contributed by atoms with van der Waals surface area (Å²) in [6.07, 6.45) is 30.2. The minimum atomic E-state index is -5.12. The van der Waals surface area contributed by atoms with E-state index in [4.69, 9.17) is 14.0 Å². The molecule has 1 aliphatic heterocycles. The van der Waals surface area contributed by atoms with E-state index in [0.717, 1.165) is 77.0 Å². The van der Waals surface area contributed by atoms with Gasteiger partial charge in [0, 0.05) is 0 Å². The molecular formula is C44H77NO12S. The predicted molar refractivity (Wildman–Crippen MR) is 228 cm³/mol. The van der Waals surface area contributed by atoms with Crippen molar-refractivity contribution in [1.29, 1.82) is 0 Å². The lowest BCUT2D eigenvalue weighted by molar-refractivity contribution is -0.298. The van der Waals surface area contributed by atoms with E-state index in [1.54, 1.807) is 6.08 Å². The van der Waals surface area contributed by atoms with Gasteiger partial charge >= 0.3 is 10.4 Å². The number of nitrogens with one attached hydrogen (secondary N) is 1. The molecule has 1 aliphatic rings. The van der Waals surface area contributed by atoms with Gasteiger partial charge in [0.15, 0.2) is 6.29 Å². The summed E-state index contributed by atoms with van der Waals surface area (Å²) in [6, 6.07) is -1.15. The van der Waals surface area contributed by atoms with E-state index in [0.29, 0.717) is 12.8 Å². The highest BCUT2D eigenvalue weighted by Gasteiger charge is 2.48. The Balaban J connectivity index is 2.67. The summed E-state index contributed by atoms with van der Waals surface area (Å²) in [6.45, 7) is 3.10. The van der Waals surface area contributed by atoms with Crippen molar-refractivity contribution >= 4 is 16.3 Å². The maximum absolute atomic E-state index is 13.1. The van der Waals surface area contributed by atoms with Crippen LogP contribution in [0.3, 0.4) is 0 Å². The van der Waals surface area contributed by atoms with Crippen molar-refractivity contribution in [1.82, 2.24) is 5.32 Å². The van der Waals surface area contributed by atoms with Crippen LogP contribution in [0.25, 0.3) is 0 Å². The Hall–Kier alpha value is -2.24. The van der Waals surface area contributed by atoms with Gasteiger partial charge < -0.3 is 40.3 Å². The van der Waals surface area contributed by atoms with Crippen LogP contribution in [0.5, 0.6) is 0 Å². The molecule has 1 saturated heterocycles. The molecule has 58 heavy (non-hydrogen) atoms. The standard InChI is InChI=1S/C44H77NO12S/c1-3-5-7-9-11-13-15-17-18-19-21-23-25-27-29-31-33-38(48)43(51)45-36(37(47)32-30-28-26-24-22-20-16-14-12-10-8-6-4-2)35-55-44-41(50)42(57-58(52,53)54)40(49)39(34-46)56-44/h11-14,17-18,22,24,30,32,36-42,44,46-50H,3-10,15-16,19-21,23,25-29,31,33-35H2,1-2H3,(H,45,51)(H,52,53,54)/b13-11-,14-12+,18-17-,24-22+,32-30+. The molecule has 1 amide bonds. The molecule has 1 heterocycles. The highest BCUT2D eigenvalue weighted by molar-refractivity contribution is 7.80. The second kappa shape index (κ2) is 34.5. The van der Waals surface area contributed by atoms with E-state index in [1.807, 2.05) is 0 Å². The average Bonchev–Trinajstić information content (AvgIpc) is 3.19. The highest BCUT2D eigenvalue weighted by Crippen LogP contribution is 2.26. The summed E-state index contributed by atoms with van der Waals surface area (Å²) in [7, 11) is -5.12. The molecule has 0 aliphatic carbocycles. The number of allylic oxidation sites excluding steroid dienone is 9. The van der Waals surface area contributed by atoms with Gasteiger partial charge in [-0.3, -0.25) is 9.35 Å². The van der Waals surface area contributed by atoms with E-state index in [2.05, 4.69) is 72.0 Å². The highest BCUT2D eigenvalue weighted by atomic mass is 32.3. The number of hydrogen-bond acceptors (Lipinski definition) is 11. The van der Waals surface area contributed by atoms with E-state index >= 15 is 0 Å². The zero-order valence-electron chi connectivity index (χ0n) is 35.2. The molecule has 0 aromatic rings. The summed E-state index contributed by atoms with van der Waals surface area (Å²) in [5.41, 5.74) is 0. The van der Waals surface area contributed by atoms with Crippen LogP contribution in [0.4, 0.5) is 0 Å². The van der Waals surface area contributed by atoms with Gasteiger partial charge in [-0.15, -0.1) is 0 Å². The number of aliphatic hydroxyl groups excluding tert-OH is 5. The van der Waals surface area contributed by atoms with Gasteiger partial charge in [0.1, 0.15) is 30.5 Å². The molecule has 0 bridgehead atoms. The molecule has 0 spiro atoms. The number of rotatable bonds is 35. The quantitative estimate of drug-likeness (QED) is 0.0198. The molecule has 1 rings (SSSR count). The van der Waals surface area contributed by atoms with Gasteiger partial charge in [-0.25, -0.2) is 4.18 Å². The largest absolute Gasteiger partial charge is 0.397 e. The number of hydrogen-bond donors (Lipinski definition) is 7. The van der Waals surface area contributed by atoms with Crippen molar-refractivity contribution in [2.75, 3.05) is 13.2 Å². The zero-order chi connectivity index (χ0) is 42.9. The summed E-state index contributed by atoms with van der Waals surface area (Å²) >= 11 is 0. The van der Waals surface area contributed by atoms with Crippen molar-refractivity contribution in [3.8, 4) is 0 Å². The van der Waals surface area contributed by atoms with Crippen LogP contribution in [0.2, 0.25) is 0 Å². The molecule has 8 unspecified atom stereocenters. The maximum Gasteiger partial charge on any atom is 0.397 e. The first kappa shape index (κ1) is 53.8. The third-order valence-electron chi connectivity index (χ3n) is 9.86. The monoisotopic (exact) mass is 844 g/mol. The number of carbonyl (C=O) groups excluding carboxylic acids is 1. The second-order valence-electron chi connectivity index (χ2n) is 15.0. The van der Waals surface area contributed by atoms with Crippen LogP contribution < -0.4 is 5.32 Å². The Labute approximate surface area is 349 Å². The topological polar surface area (TPSA) is 212 Å². The third kappa shape index (κ3) is 26.8. The second-order valence-corrected chi connectivity index (χ2v) is 16.1. The van der Waals surface area contributed by atoms with E-state index in [-0.39, 0.29) is 6.42 Å². The molecule has 336 valence electrons. The van der Waals surface area contributed by atoms with Crippen molar-refractivity contribution < 1.29 is 57.0 Å². The summed E-state index contributed by atoms with van der Waals surface area (Å²) in [5, 5.41) is 55.0. The molecule has 8 atom stereocenters. The van der Waals surface area contributed by atoms with Crippen molar-refractivity contribution in [2.45, 2.75) is 198 Å². The minimum absolute atomic E-state index is 0.218. The van der Waals surface area contributed by atoms with Crippen LogP contribution in [-0.4, -0.2) is 107 Å². The molecule has 14 heteroatoms. The molecular weight excluding hydrogens is 767 g/mol. The normalized spacial score (nSPS) is 22.2. The molecule has 0 radical (unpaired) electrons. The molecule has 13 nitrogen and oxygen atoms in total. The van der Waals surface area contributed by atoms with Crippen LogP contribution in [0, 0.1) is 0 Å². The fourth-order valence-corrected chi connectivity index (χ4v) is 6.85. The van der Waals surface area contributed by atoms with Crippen molar-refractivity contribution in [2.24, 2.45) is 0 Å². The fraction of sp³-hybridized carbons (Fsp3) is 0.750. The van der Waals surface area contributed by atoms with Gasteiger partial charge in [0.05, 0.1) is 25.4 Å². The maximum atomic E-state index is 13.1. The fourth-order valence-electron chi connectivity index (χ4n) is 6.34. The number of carbonyl (C=O) groups is 1. The molecule has 0 aromatic heterocycles. The Kier molecular flexibility index (Phi) is 32.0. The van der Waals surface area contributed by atoms with Crippen molar-refractivity contribution in [3.63, 3.8) is 0 Å². The Morgan fingerprint density at radius 3 is 1.76 bits per heavy atom. The van der Waals surface area contributed by atoms with E-state index in [9.17, 15) is 38.7 Å². The van der Waals surface area contributed by atoms with Crippen molar-refractivity contribution in [3.05, 3.63) is 60.8 Å². The van der Waals surface area contributed by atoms with Gasteiger partial charge in [-0.05, 0) is 77.0 Å². The minimum Gasteiger partial charge on any atom is -0.394 e. The third-order valence-corrected chi connectivity index (χ3v) is 10.3. The molecule has 0 saturated carbocycles. The average molecular weight is 844 g/mol. The lowest BCUT2D eigenvalue weighted by Crippen LogP contribution is -2.61. The Morgan fingerprint density at radius 1 is 0.707 bits per heavy atom. The lowest BCUT2D eigenvalue weighted by Gasteiger charge is -2.41. The number of ether oxygens (including phenoxy) is 2. The summed E-state index contributed by atoms with van der Waals surface area (Å²) in [4.78, 5) is 13.1. The Morgan fingerprint density at radius 2 is 1.21 bits per heavy atom. The van der Waals surface area contributed by atoms with Crippen LogP contribution in [-0.2, 0) is 28.9 Å².